The number of benzene rings is 4. The number of nitrogens with one attached hydrogen (secondary N) is 2. The number of para-hydroxylation sites is 1. The molecule has 1 heterocycles. The van der Waals surface area contributed by atoms with Crippen molar-refractivity contribution in [2.24, 2.45) is 0 Å². The minimum Gasteiger partial charge on any atom is -0.493 e. The second kappa shape index (κ2) is 9.27. The van der Waals surface area contributed by atoms with Gasteiger partial charge in [0, 0.05) is 23.7 Å². The highest BCUT2D eigenvalue weighted by Gasteiger charge is 2.29. The maximum Gasteiger partial charge on any atom is 0.262 e. The molecule has 1 aliphatic rings. The number of fused-ring (bicyclic) bond motifs is 3. The van der Waals surface area contributed by atoms with Crippen molar-refractivity contribution in [2.75, 3.05) is 24.4 Å². The van der Waals surface area contributed by atoms with Gasteiger partial charge in [-0.05, 0) is 52.2 Å². The number of rotatable bonds is 6. The lowest BCUT2D eigenvalue weighted by molar-refractivity contribution is -0.118. The zero-order valence-corrected chi connectivity index (χ0v) is 18.7. The van der Waals surface area contributed by atoms with Crippen LogP contribution in [-0.2, 0) is 9.59 Å². The van der Waals surface area contributed by atoms with Gasteiger partial charge in [-0.25, -0.2) is 0 Å². The third-order valence-electron chi connectivity index (χ3n) is 5.99. The Morgan fingerprint density at radius 3 is 2.59 bits per heavy atom. The molecular formula is C28H24N2O4. The zero-order valence-electron chi connectivity index (χ0n) is 18.7. The average Bonchev–Trinajstić information content (AvgIpc) is 2.87. The van der Waals surface area contributed by atoms with Crippen LogP contribution in [0.15, 0.2) is 84.9 Å². The van der Waals surface area contributed by atoms with Crippen molar-refractivity contribution in [3.05, 3.63) is 96.1 Å². The smallest absolute Gasteiger partial charge is 0.262 e. The molecule has 0 fully saturated rings. The monoisotopic (exact) mass is 452 g/mol. The summed E-state index contributed by atoms with van der Waals surface area (Å²) in [6, 6.07) is 27.0. The second-order valence-corrected chi connectivity index (χ2v) is 8.17. The van der Waals surface area contributed by atoms with E-state index in [0.29, 0.717) is 23.6 Å². The van der Waals surface area contributed by atoms with Gasteiger partial charge < -0.3 is 20.1 Å². The highest BCUT2D eigenvalue weighted by atomic mass is 16.5. The first-order valence-electron chi connectivity index (χ1n) is 11.1. The van der Waals surface area contributed by atoms with Crippen LogP contribution < -0.4 is 20.1 Å². The Hall–Kier alpha value is -4.32. The van der Waals surface area contributed by atoms with Crippen LogP contribution in [0.5, 0.6) is 11.5 Å². The van der Waals surface area contributed by atoms with Crippen molar-refractivity contribution in [1.82, 2.24) is 0 Å². The Kier molecular flexibility index (Phi) is 5.87. The van der Waals surface area contributed by atoms with Crippen LogP contribution in [0.4, 0.5) is 11.4 Å². The van der Waals surface area contributed by atoms with Crippen LogP contribution in [0.2, 0.25) is 0 Å². The Morgan fingerprint density at radius 2 is 1.76 bits per heavy atom. The maximum absolute atomic E-state index is 12.5. The summed E-state index contributed by atoms with van der Waals surface area (Å²) in [6.07, 6.45) is 0.337. The molecule has 1 atom stereocenters. The standard InChI is InChI=1S/C28H24N2O4/c1-33-25-15-19(12-14-24(25)34-17-27(32)29-20-8-3-2-4-9-20)22-16-26(31)30-23-13-11-18-7-5-6-10-21(18)28(22)23/h2-15,22H,16-17H2,1H3,(H,29,32)(H,30,31)/t22-/m1/s1. The third kappa shape index (κ3) is 4.30. The molecule has 0 bridgehead atoms. The molecule has 1 aliphatic heterocycles. The van der Waals surface area contributed by atoms with Crippen molar-refractivity contribution >= 4 is 34.0 Å². The molecule has 2 amide bonds. The van der Waals surface area contributed by atoms with Gasteiger partial charge in [0.2, 0.25) is 5.91 Å². The van der Waals surface area contributed by atoms with E-state index in [1.54, 1.807) is 13.2 Å². The number of hydrogen-bond donors (Lipinski definition) is 2. The summed E-state index contributed by atoms with van der Waals surface area (Å²) in [6.45, 7) is -0.149. The molecule has 0 saturated heterocycles. The molecule has 2 N–H and O–H groups in total. The summed E-state index contributed by atoms with van der Waals surface area (Å²) in [4.78, 5) is 24.8. The van der Waals surface area contributed by atoms with Crippen molar-refractivity contribution < 1.29 is 19.1 Å². The van der Waals surface area contributed by atoms with Crippen molar-refractivity contribution in [3.8, 4) is 11.5 Å². The van der Waals surface area contributed by atoms with Gasteiger partial charge in [-0.2, -0.15) is 0 Å². The van der Waals surface area contributed by atoms with Crippen molar-refractivity contribution in [2.45, 2.75) is 12.3 Å². The maximum atomic E-state index is 12.5. The van der Waals surface area contributed by atoms with E-state index in [1.807, 2.05) is 66.7 Å². The van der Waals surface area contributed by atoms with E-state index in [0.717, 1.165) is 27.6 Å². The number of carbonyl (C=O) groups is 2. The van der Waals surface area contributed by atoms with Gasteiger partial charge in [0.1, 0.15) is 0 Å². The molecule has 0 aliphatic carbocycles. The summed E-state index contributed by atoms with van der Waals surface area (Å²) >= 11 is 0. The lowest BCUT2D eigenvalue weighted by atomic mass is 9.82. The number of carbonyl (C=O) groups excluding carboxylic acids is 2. The van der Waals surface area contributed by atoms with Crippen LogP contribution >= 0.6 is 0 Å². The predicted molar refractivity (Wildman–Crippen MR) is 133 cm³/mol. The number of amides is 2. The van der Waals surface area contributed by atoms with E-state index in [2.05, 4.69) is 22.8 Å². The minimum atomic E-state index is -0.262. The van der Waals surface area contributed by atoms with Crippen molar-refractivity contribution in [3.63, 3.8) is 0 Å². The summed E-state index contributed by atoms with van der Waals surface area (Å²) in [5, 5.41) is 8.04. The van der Waals surface area contributed by atoms with Crippen LogP contribution in [-0.4, -0.2) is 25.5 Å². The molecular weight excluding hydrogens is 428 g/mol. The molecule has 0 unspecified atom stereocenters. The van der Waals surface area contributed by atoms with E-state index < -0.39 is 0 Å². The SMILES string of the molecule is COc1cc([C@H]2CC(=O)Nc3ccc4ccccc4c32)ccc1OCC(=O)Nc1ccccc1. The number of methoxy groups -OCH3 is 1. The molecule has 4 aromatic carbocycles. The molecule has 0 aromatic heterocycles. The quantitative estimate of drug-likeness (QED) is 0.414. The van der Waals surface area contributed by atoms with E-state index in [1.165, 1.54) is 0 Å². The van der Waals surface area contributed by atoms with E-state index in [4.69, 9.17) is 9.47 Å². The molecule has 5 rings (SSSR count). The first-order chi connectivity index (χ1) is 16.6. The van der Waals surface area contributed by atoms with Gasteiger partial charge in [-0.3, -0.25) is 9.59 Å². The lowest BCUT2D eigenvalue weighted by Gasteiger charge is -2.28. The molecule has 6 nitrogen and oxygen atoms in total. The first-order valence-corrected chi connectivity index (χ1v) is 11.1. The number of ether oxygens (including phenoxy) is 2. The van der Waals surface area contributed by atoms with E-state index in [-0.39, 0.29) is 24.3 Å². The van der Waals surface area contributed by atoms with E-state index >= 15 is 0 Å². The zero-order chi connectivity index (χ0) is 23.5. The topological polar surface area (TPSA) is 76.7 Å². The fourth-order valence-electron chi connectivity index (χ4n) is 4.44. The normalized spacial score (nSPS) is 14.7. The summed E-state index contributed by atoms with van der Waals surface area (Å²) in [5.41, 5.74) is 3.58. The molecule has 0 radical (unpaired) electrons. The van der Waals surface area contributed by atoms with Crippen LogP contribution in [0.3, 0.4) is 0 Å². The second-order valence-electron chi connectivity index (χ2n) is 8.17. The largest absolute Gasteiger partial charge is 0.493 e. The minimum absolute atomic E-state index is 0.0235. The fourth-order valence-corrected chi connectivity index (χ4v) is 4.44. The van der Waals surface area contributed by atoms with Crippen LogP contribution in [0.25, 0.3) is 10.8 Å². The molecule has 0 spiro atoms. The fraction of sp³-hybridized carbons (Fsp3) is 0.143. The molecule has 6 heteroatoms. The Labute approximate surface area is 197 Å². The summed E-state index contributed by atoms with van der Waals surface area (Å²) in [7, 11) is 1.56. The highest BCUT2D eigenvalue weighted by molar-refractivity contribution is 6.01. The van der Waals surface area contributed by atoms with Gasteiger partial charge in [-0.15, -0.1) is 0 Å². The van der Waals surface area contributed by atoms with Gasteiger partial charge >= 0.3 is 0 Å². The Bertz CT molecular complexity index is 1370. The van der Waals surface area contributed by atoms with Gasteiger partial charge in [0.05, 0.1) is 7.11 Å². The predicted octanol–water partition coefficient (Wildman–Crippen LogP) is 5.34. The Morgan fingerprint density at radius 1 is 0.971 bits per heavy atom. The van der Waals surface area contributed by atoms with Gasteiger partial charge in [-0.1, -0.05) is 54.6 Å². The van der Waals surface area contributed by atoms with Crippen LogP contribution in [0, 0.1) is 0 Å². The molecule has 4 aromatic rings. The van der Waals surface area contributed by atoms with E-state index in [9.17, 15) is 9.59 Å². The molecule has 170 valence electrons. The van der Waals surface area contributed by atoms with Gasteiger partial charge in [0.25, 0.3) is 5.91 Å². The highest BCUT2D eigenvalue weighted by Crippen LogP contribution is 2.43. The van der Waals surface area contributed by atoms with Crippen molar-refractivity contribution in [1.29, 1.82) is 0 Å². The first kappa shape index (κ1) is 21.5. The summed E-state index contributed by atoms with van der Waals surface area (Å²) < 4.78 is 11.3. The van der Waals surface area contributed by atoms with Crippen LogP contribution in [0.1, 0.15) is 23.5 Å². The summed E-state index contributed by atoms with van der Waals surface area (Å²) in [5.74, 6) is 0.566. The lowest BCUT2D eigenvalue weighted by Crippen LogP contribution is -2.24. The third-order valence-corrected chi connectivity index (χ3v) is 5.99. The number of anilines is 2. The average molecular weight is 453 g/mol. The number of hydrogen-bond acceptors (Lipinski definition) is 4. The van der Waals surface area contributed by atoms with Gasteiger partial charge in [0.15, 0.2) is 18.1 Å². The molecule has 0 saturated carbocycles. The Balaban J connectivity index is 1.41. The molecule has 34 heavy (non-hydrogen) atoms.